The number of carbonyl (C=O) groups is 4. The van der Waals surface area contributed by atoms with Crippen LogP contribution in [0.15, 0.2) is 0 Å². The molecule has 3 N–H and O–H groups in total. The van der Waals surface area contributed by atoms with Gasteiger partial charge in [-0.2, -0.15) is 0 Å². The Labute approximate surface area is 607 Å². The molecule has 0 amide bonds. The maximum Gasteiger partial charge on any atom is 0.472 e. The van der Waals surface area contributed by atoms with Crippen LogP contribution in [0, 0.1) is 17.8 Å². The van der Waals surface area contributed by atoms with Crippen LogP contribution in [-0.4, -0.2) is 96.7 Å². The van der Waals surface area contributed by atoms with Gasteiger partial charge in [0.2, 0.25) is 0 Å². The summed E-state index contributed by atoms with van der Waals surface area (Å²) in [5, 5.41) is 10.6. The van der Waals surface area contributed by atoms with Gasteiger partial charge in [0.05, 0.1) is 26.4 Å². The highest BCUT2D eigenvalue weighted by molar-refractivity contribution is 7.47. The zero-order chi connectivity index (χ0) is 73.0. The molecule has 0 rings (SSSR count). The van der Waals surface area contributed by atoms with Gasteiger partial charge in [0.25, 0.3) is 0 Å². The van der Waals surface area contributed by atoms with E-state index < -0.39 is 97.5 Å². The van der Waals surface area contributed by atoms with Crippen LogP contribution in [0.4, 0.5) is 0 Å². The van der Waals surface area contributed by atoms with E-state index in [4.69, 9.17) is 37.0 Å². The predicted molar refractivity (Wildman–Crippen MR) is 405 cm³/mol. The number of carbonyl (C=O) groups excluding carboxylic acids is 4. The first-order valence-electron chi connectivity index (χ1n) is 41.4. The summed E-state index contributed by atoms with van der Waals surface area (Å²) in [7, 11) is -9.92. The van der Waals surface area contributed by atoms with Crippen molar-refractivity contribution in [1.82, 2.24) is 0 Å². The van der Waals surface area contributed by atoms with Crippen molar-refractivity contribution in [2.45, 2.75) is 433 Å². The minimum Gasteiger partial charge on any atom is -0.462 e. The topological polar surface area (TPSA) is 237 Å². The van der Waals surface area contributed by atoms with E-state index in [2.05, 4.69) is 48.5 Å². The zero-order valence-electron chi connectivity index (χ0n) is 65.0. The quantitative estimate of drug-likeness (QED) is 0.0222. The Balaban J connectivity index is 5.21. The van der Waals surface area contributed by atoms with Gasteiger partial charge in [0.1, 0.15) is 19.3 Å². The Morgan fingerprint density at radius 3 is 0.768 bits per heavy atom. The fraction of sp³-hybridized carbons (Fsp3) is 0.950. The van der Waals surface area contributed by atoms with Gasteiger partial charge in [-0.1, -0.05) is 363 Å². The third kappa shape index (κ3) is 72.8. The summed E-state index contributed by atoms with van der Waals surface area (Å²) in [6, 6.07) is 0. The lowest BCUT2D eigenvalue weighted by Gasteiger charge is -2.21. The van der Waals surface area contributed by atoms with Gasteiger partial charge in [-0.05, 0) is 43.4 Å². The van der Waals surface area contributed by atoms with Gasteiger partial charge >= 0.3 is 39.5 Å². The molecular formula is C80H156O17P2. The number of hydrogen-bond donors (Lipinski definition) is 3. The third-order valence-electron chi connectivity index (χ3n) is 19.0. The summed E-state index contributed by atoms with van der Waals surface area (Å²) in [5.74, 6) is 0.274. The van der Waals surface area contributed by atoms with E-state index in [1.807, 2.05) is 0 Å². The molecule has 0 bridgehead atoms. The SMILES string of the molecule is CCCCCCCCCCCC(=O)OC[C@H](COP(=O)(O)OC[C@H](O)COP(=O)(O)OC[C@@H](COC(=O)CCCCCCCCCCCCCCCCC(C)C)OC(=O)CCCCCCCCCCCCCCCCCCCCC(C)C)OC(=O)CCCCCCCCCCC(C)CC. The minimum atomic E-state index is -4.96. The number of aliphatic hydroxyl groups is 1. The van der Waals surface area contributed by atoms with Crippen molar-refractivity contribution in [1.29, 1.82) is 0 Å². The Morgan fingerprint density at radius 2 is 0.515 bits per heavy atom. The molecule has 6 atom stereocenters. The monoisotopic (exact) mass is 1450 g/mol. The molecule has 17 nitrogen and oxygen atoms in total. The molecule has 0 radical (unpaired) electrons. The summed E-state index contributed by atoms with van der Waals surface area (Å²) in [4.78, 5) is 72.9. The Morgan fingerprint density at radius 1 is 0.293 bits per heavy atom. The highest BCUT2D eigenvalue weighted by Gasteiger charge is 2.30. The van der Waals surface area contributed by atoms with Crippen LogP contribution in [0.3, 0.4) is 0 Å². The van der Waals surface area contributed by atoms with Crippen molar-refractivity contribution in [3.05, 3.63) is 0 Å². The molecule has 3 unspecified atom stereocenters. The fourth-order valence-electron chi connectivity index (χ4n) is 12.3. The molecule has 0 saturated carbocycles. The normalized spacial score (nSPS) is 14.3. The molecular weight excluding hydrogens is 1290 g/mol. The van der Waals surface area contributed by atoms with Crippen molar-refractivity contribution in [3.8, 4) is 0 Å². The van der Waals surface area contributed by atoms with Crippen molar-refractivity contribution in [2.75, 3.05) is 39.6 Å². The van der Waals surface area contributed by atoms with Crippen LogP contribution in [0.5, 0.6) is 0 Å². The average Bonchev–Trinajstić information content (AvgIpc) is 0.965. The van der Waals surface area contributed by atoms with Crippen molar-refractivity contribution < 1.29 is 80.2 Å². The van der Waals surface area contributed by atoms with Crippen LogP contribution in [0.2, 0.25) is 0 Å². The first-order valence-corrected chi connectivity index (χ1v) is 44.4. The van der Waals surface area contributed by atoms with Gasteiger partial charge in [-0.25, -0.2) is 9.13 Å². The number of aliphatic hydroxyl groups excluding tert-OH is 1. The summed E-state index contributed by atoms with van der Waals surface area (Å²) in [5.41, 5.74) is 0. The molecule has 0 aliphatic rings. The number of phosphoric acid groups is 2. The molecule has 0 saturated heterocycles. The maximum atomic E-state index is 13.1. The second kappa shape index (κ2) is 70.4. The molecule has 0 fully saturated rings. The Hall–Kier alpha value is -1.94. The second-order valence-electron chi connectivity index (χ2n) is 30.0. The highest BCUT2D eigenvalue weighted by Crippen LogP contribution is 2.45. The lowest BCUT2D eigenvalue weighted by Crippen LogP contribution is -2.30. The molecule has 0 aliphatic heterocycles. The van der Waals surface area contributed by atoms with Crippen molar-refractivity contribution >= 4 is 39.5 Å². The van der Waals surface area contributed by atoms with Gasteiger partial charge in [0, 0.05) is 25.7 Å². The number of rotatable bonds is 78. The summed E-state index contributed by atoms with van der Waals surface area (Å²) < 4.78 is 68.6. The van der Waals surface area contributed by atoms with E-state index in [0.717, 1.165) is 108 Å². The van der Waals surface area contributed by atoms with Crippen LogP contribution in [0.25, 0.3) is 0 Å². The summed E-state index contributed by atoms with van der Waals surface area (Å²) in [6.07, 6.45) is 58.3. The number of ether oxygens (including phenoxy) is 4. The number of esters is 4. The van der Waals surface area contributed by atoms with E-state index in [-0.39, 0.29) is 25.7 Å². The van der Waals surface area contributed by atoms with E-state index in [1.54, 1.807) is 0 Å². The van der Waals surface area contributed by atoms with Crippen LogP contribution >= 0.6 is 15.6 Å². The lowest BCUT2D eigenvalue weighted by atomic mass is 9.99. The molecule has 19 heteroatoms. The molecule has 0 spiro atoms. The first-order chi connectivity index (χ1) is 47.8. The van der Waals surface area contributed by atoms with Crippen molar-refractivity contribution in [2.24, 2.45) is 17.8 Å². The van der Waals surface area contributed by atoms with Crippen molar-refractivity contribution in [3.63, 3.8) is 0 Å². The molecule has 0 aromatic rings. The molecule has 0 aromatic heterocycles. The fourth-order valence-corrected chi connectivity index (χ4v) is 13.9. The summed E-state index contributed by atoms with van der Waals surface area (Å²) >= 11 is 0. The lowest BCUT2D eigenvalue weighted by molar-refractivity contribution is -0.161. The Bertz CT molecular complexity index is 1920. The average molecular weight is 1450 g/mol. The molecule has 0 aliphatic carbocycles. The van der Waals surface area contributed by atoms with Gasteiger partial charge in [-0.3, -0.25) is 37.3 Å². The van der Waals surface area contributed by atoms with E-state index in [1.165, 1.54) is 225 Å². The van der Waals surface area contributed by atoms with Gasteiger partial charge in [0.15, 0.2) is 12.2 Å². The largest absolute Gasteiger partial charge is 0.472 e. The molecule has 0 aromatic carbocycles. The molecule has 588 valence electrons. The zero-order valence-corrected chi connectivity index (χ0v) is 66.8. The van der Waals surface area contributed by atoms with E-state index >= 15 is 0 Å². The van der Waals surface area contributed by atoms with Crippen LogP contribution in [-0.2, 0) is 65.4 Å². The Kier molecular flexibility index (Phi) is 69.0. The van der Waals surface area contributed by atoms with E-state index in [9.17, 15) is 43.2 Å². The maximum absolute atomic E-state index is 13.1. The predicted octanol–water partition coefficient (Wildman–Crippen LogP) is 23.7. The van der Waals surface area contributed by atoms with Gasteiger partial charge < -0.3 is 33.8 Å². The minimum absolute atomic E-state index is 0.105. The highest BCUT2D eigenvalue weighted by atomic mass is 31.2. The first kappa shape index (κ1) is 97.1. The number of hydrogen-bond acceptors (Lipinski definition) is 15. The summed E-state index contributed by atoms with van der Waals surface area (Å²) in [6.45, 7) is 12.0. The number of unbranched alkanes of at least 4 members (excludes halogenated alkanes) is 45. The van der Waals surface area contributed by atoms with Crippen LogP contribution in [0.1, 0.15) is 414 Å². The molecule has 99 heavy (non-hydrogen) atoms. The van der Waals surface area contributed by atoms with Crippen LogP contribution < -0.4 is 0 Å². The van der Waals surface area contributed by atoms with Gasteiger partial charge in [-0.15, -0.1) is 0 Å². The second-order valence-corrected chi connectivity index (χ2v) is 32.9. The number of phosphoric ester groups is 2. The van der Waals surface area contributed by atoms with E-state index in [0.29, 0.717) is 25.7 Å². The third-order valence-corrected chi connectivity index (χ3v) is 20.9. The standard InChI is InChI=1S/C80H156O17P2/c1-8-10-11-12-13-30-40-47-54-61-77(82)90-67-76(97-80(85)64-57-50-43-36-35-39-46-53-60-73(7)9-2)70-95-99(88,89)93-66-74(81)65-92-98(86,87)94-69-75(68-91-78(83)62-55-48-41-33-28-24-21-20-23-27-32-38-45-52-59-72(5)6)96-79(84)63-56-49-42-34-29-25-19-17-15-14-16-18-22-26-31-37-44-51-58-71(3)4/h71-76,81H,8-70H2,1-7H3,(H,86,87)(H,88,89)/t73?,74-,75-,76-/m1/s1. The molecule has 0 heterocycles. The smallest absolute Gasteiger partial charge is 0.462 e.